The number of aromatic amines is 1. The number of nitrogens with one attached hydrogen (secondary N) is 1. The maximum atomic E-state index is 13.2. The molecule has 2 aromatic heterocycles. The lowest BCUT2D eigenvalue weighted by atomic mass is 9.62. The number of aliphatic hydroxyl groups is 1. The van der Waals surface area contributed by atoms with Crippen molar-refractivity contribution in [1.82, 2.24) is 30.2 Å². The third kappa shape index (κ3) is 5.96. The van der Waals surface area contributed by atoms with Crippen LogP contribution in [0.15, 0.2) is 145 Å². The fourth-order valence-corrected chi connectivity index (χ4v) is 7.61. The lowest BCUT2D eigenvalue weighted by Gasteiger charge is -2.45. The molecule has 0 saturated carbocycles. The molecule has 0 saturated heterocycles. The van der Waals surface area contributed by atoms with E-state index in [1.807, 2.05) is 110 Å². The van der Waals surface area contributed by atoms with Crippen molar-refractivity contribution in [2.45, 2.75) is 63.5 Å². The largest absolute Gasteiger partial charge is 0.422 e. The van der Waals surface area contributed by atoms with Gasteiger partial charge in [0.05, 0.1) is 11.8 Å². The number of allylic oxidation sites excluding steroid dienone is 2. The Labute approximate surface area is 303 Å². The Morgan fingerprint density at radius 1 is 0.885 bits per heavy atom. The molecule has 0 amide bonds. The second-order valence-electron chi connectivity index (χ2n) is 13.8. The Morgan fingerprint density at radius 2 is 1.46 bits per heavy atom. The summed E-state index contributed by atoms with van der Waals surface area (Å²) in [4.78, 5) is 20.3. The molecule has 9 nitrogen and oxygen atoms in total. The van der Waals surface area contributed by atoms with Gasteiger partial charge < -0.3 is 14.8 Å². The number of aryl methyl sites for hydroxylation is 1. The van der Waals surface area contributed by atoms with Gasteiger partial charge in [0, 0.05) is 11.0 Å². The molecule has 0 fully saturated rings. The summed E-state index contributed by atoms with van der Waals surface area (Å²) in [5, 5.41) is 26.1. The molecule has 6 aromatic rings. The predicted molar refractivity (Wildman–Crippen MR) is 200 cm³/mol. The third-order valence-electron chi connectivity index (χ3n) is 10.1. The van der Waals surface area contributed by atoms with Gasteiger partial charge in [0.1, 0.15) is 22.8 Å². The molecule has 0 aliphatic heterocycles. The van der Waals surface area contributed by atoms with Crippen molar-refractivity contribution in [2.75, 3.05) is 0 Å². The zero-order valence-electron chi connectivity index (χ0n) is 29.8. The number of carbonyl (C=O) groups is 1. The van der Waals surface area contributed by atoms with Crippen molar-refractivity contribution in [3.05, 3.63) is 179 Å². The van der Waals surface area contributed by atoms with Gasteiger partial charge in [-0.3, -0.25) is 0 Å². The average Bonchev–Trinajstić information content (AvgIpc) is 3.84. The van der Waals surface area contributed by atoms with Crippen LogP contribution in [0.2, 0.25) is 0 Å². The number of hydrogen-bond donors (Lipinski definition) is 2. The summed E-state index contributed by atoms with van der Waals surface area (Å²) in [5.74, 6) is 1.14. The second-order valence-corrected chi connectivity index (χ2v) is 13.8. The summed E-state index contributed by atoms with van der Waals surface area (Å²) >= 11 is 0. The van der Waals surface area contributed by atoms with Crippen molar-refractivity contribution < 1.29 is 14.6 Å². The fraction of sp³-hybridized carbons (Fsp3) is 0.233. The Bertz CT molecular complexity index is 2140. The summed E-state index contributed by atoms with van der Waals surface area (Å²) in [6.45, 7) is 7.53. The molecule has 1 atom stereocenters. The standard InChI is InChI=1S/C43H42N6O3/c1-5-17-31-28-42(41(3,4)51,27-26-38(31)52-40(50)37-29-44-30(2)45-37)36-25-16-15-24-35(36)39-46-47-48-49(39)43(32-18-9-6-10-19-32,33-20-11-7-12-21-33)34-22-13-8-14-23-34/h6-16,18-27,29,51H,5,17,28H2,1-4H3,(H,44,45). The number of esters is 1. The number of hydrogen-bond acceptors (Lipinski definition) is 7. The lowest BCUT2D eigenvalue weighted by molar-refractivity contribution is 0.0130. The number of nitrogens with zero attached hydrogens (tertiary/aromatic N) is 5. The Kier molecular flexibility index (Phi) is 9.29. The van der Waals surface area contributed by atoms with E-state index in [-0.39, 0.29) is 5.69 Å². The van der Waals surface area contributed by atoms with Crippen LogP contribution in [0.25, 0.3) is 11.4 Å². The van der Waals surface area contributed by atoms with Crippen LogP contribution in [0.3, 0.4) is 0 Å². The summed E-state index contributed by atoms with van der Waals surface area (Å²) in [7, 11) is 0. The van der Waals surface area contributed by atoms with Crippen LogP contribution in [-0.2, 0) is 15.7 Å². The van der Waals surface area contributed by atoms with Crippen molar-refractivity contribution in [3.63, 3.8) is 0 Å². The van der Waals surface area contributed by atoms with Crippen LogP contribution >= 0.6 is 0 Å². The number of H-pyrrole nitrogens is 1. The van der Waals surface area contributed by atoms with Gasteiger partial charge in [-0.25, -0.2) is 14.5 Å². The number of carbonyl (C=O) groups excluding carboxylic acids is 1. The van der Waals surface area contributed by atoms with Gasteiger partial charge in [0.15, 0.2) is 5.82 Å². The zero-order chi connectivity index (χ0) is 36.3. The maximum Gasteiger partial charge on any atom is 0.361 e. The number of tetrazole rings is 1. The van der Waals surface area contributed by atoms with Crippen LogP contribution in [0.1, 0.15) is 78.6 Å². The van der Waals surface area contributed by atoms with Crippen LogP contribution in [0.5, 0.6) is 0 Å². The lowest BCUT2D eigenvalue weighted by Crippen LogP contribution is -2.48. The number of rotatable bonds is 11. The molecule has 2 heterocycles. The van der Waals surface area contributed by atoms with Gasteiger partial charge >= 0.3 is 5.97 Å². The van der Waals surface area contributed by atoms with Crippen LogP contribution in [0, 0.1) is 6.92 Å². The first kappa shape index (κ1) is 34.5. The van der Waals surface area contributed by atoms with E-state index in [0.717, 1.165) is 39.8 Å². The van der Waals surface area contributed by atoms with Gasteiger partial charge in [-0.2, -0.15) is 0 Å². The topological polar surface area (TPSA) is 119 Å². The maximum absolute atomic E-state index is 13.2. The Morgan fingerprint density at radius 3 is 2.00 bits per heavy atom. The molecule has 2 N–H and O–H groups in total. The third-order valence-corrected chi connectivity index (χ3v) is 10.1. The Balaban J connectivity index is 1.43. The minimum atomic E-state index is -1.26. The van der Waals surface area contributed by atoms with E-state index < -0.39 is 22.5 Å². The van der Waals surface area contributed by atoms with Crippen molar-refractivity contribution >= 4 is 5.97 Å². The molecule has 9 heteroatoms. The molecule has 262 valence electrons. The molecule has 1 unspecified atom stereocenters. The minimum Gasteiger partial charge on any atom is -0.422 e. The normalized spacial score (nSPS) is 16.2. The second kappa shape index (κ2) is 14.0. The molecule has 1 aliphatic carbocycles. The SMILES string of the molecule is CCCC1=C(OC(=O)c2cnc(C)[nH]2)C=CC(c2ccccc2-c2nnnn2C(c2ccccc2)(c2ccccc2)c2ccccc2)(C(C)(C)O)C1. The van der Waals surface area contributed by atoms with Crippen molar-refractivity contribution in [3.8, 4) is 11.4 Å². The van der Waals surface area contributed by atoms with E-state index in [2.05, 4.69) is 58.5 Å². The molecular formula is C43H42N6O3. The first-order chi connectivity index (χ1) is 25.2. The number of ether oxygens (including phenoxy) is 1. The molecule has 7 rings (SSSR count). The van der Waals surface area contributed by atoms with Gasteiger partial charge in [0.25, 0.3) is 0 Å². The summed E-state index contributed by atoms with van der Waals surface area (Å²) in [6.07, 6.45) is 7.18. The van der Waals surface area contributed by atoms with Crippen LogP contribution < -0.4 is 0 Å². The van der Waals surface area contributed by atoms with Crippen molar-refractivity contribution in [2.24, 2.45) is 0 Å². The molecule has 0 bridgehead atoms. The van der Waals surface area contributed by atoms with Gasteiger partial charge in [-0.15, -0.1) is 5.10 Å². The highest BCUT2D eigenvalue weighted by Gasteiger charge is 2.49. The molecule has 52 heavy (non-hydrogen) atoms. The number of benzene rings is 4. The smallest absolute Gasteiger partial charge is 0.361 e. The molecule has 0 radical (unpaired) electrons. The van der Waals surface area contributed by atoms with Gasteiger partial charge in [0.2, 0.25) is 0 Å². The van der Waals surface area contributed by atoms with E-state index >= 15 is 0 Å². The highest BCUT2D eigenvalue weighted by atomic mass is 16.5. The monoisotopic (exact) mass is 690 g/mol. The highest BCUT2D eigenvalue weighted by Crippen LogP contribution is 2.50. The van der Waals surface area contributed by atoms with Crippen molar-refractivity contribution in [1.29, 1.82) is 0 Å². The number of imidazole rings is 1. The summed E-state index contributed by atoms with van der Waals surface area (Å²) in [5.41, 5.74) is 2.63. The Hall–Kier alpha value is -5.93. The van der Waals surface area contributed by atoms with E-state index in [1.54, 1.807) is 6.92 Å². The van der Waals surface area contributed by atoms with Gasteiger partial charge in [-0.05, 0) is 77.9 Å². The van der Waals surface area contributed by atoms with E-state index in [4.69, 9.17) is 15.0 Å². The van der Waals surface area contributed by atoms with E-state index in [9.17, 15) is 9.90 Å². The minimum absolute atomic E-state index is 0.282. The first-order valence-corrected chi connectivity index (χ1v) is 17.6. The average molecular weight is 691 g/mol. The number of aromatic nitrogens is 6. The first-order valence-electron chi connectivity index (χ1n) is 17.6. The highest BCUT2D eigenvalue weighted by molar-refractivity contribution is 5.88. The van der Waals surface area contributed by atoms with E-state index in [1.165, 1.54) is 6.20 Å². The zero-order valence-corrected chi connectivity index (χ0v) is 29.8. The molecule has 4 aromatic carbocycles. The summed E-state index contributed by atoms with van der Waals surface area (Å²) in [6, 6.07) is 38.8. The fourth-order valence-electron chi connectivity index (χ4n) is 7.61. The summed E-state index contributed by atoms with van der Waals surface area (Å²) < 4.78 is 7.89. The molecule has 0 spiro atoms. The molecule has 1 aliphatic rings. The van der Waals surface area contributed by atoms with E-state index in [0.29, 0.717) is 30.2 Å². The van der Waals surface area contributed by atoms with Gasteiger partial charge in [-0.1, -0.05) is 135 Å². The van der Waals surface area contributed by atoms with Crippen LogP contribution in [0.4, 0.5) is 0 Å². The quantitative estimate of drug-likeness (QED) is 0.104. The predicted octanol–water partition coefficient (Wildman–Crippen LogP) is 8.09. The van der Waals surface area contributed by atoms with Crippen LogP contribution in [-0.4, -0.2) is 46.9 Å². The molecular weight excluding hydrogens is 649 g/mol.